The molecule has 1 aromatic rings. The van der Waals surface area contributed by atoms with Gasteiger partial charge >= 0.3 is 0 Å². The lowest BCUT2D eigenvalue weighted by atomic mass is 10.2. The molecule has 0 bridgehead atoms. The Hall–Kier alpha value is -0.970. The zero-order valence-electron chi connectivity index (χ0n) is 12.0. The van der Waals surface area contributed by atoms with E-state index in [1.165, 1.54) is 38.2 Å². The lowest BCUT2D eigenvalue weighted by Crippen LogP contribution is -2.44. The second-order valence-corrected chi connectivity index (χ2v) is 5.36. The average Bonchev–Trinajstić information content (AvgIpc) is 2.47. The van der Waals surface area contributed by atoms with Crippen LogP contribution in [0.5, 0.6) is 0 Å². The minimum atomic E-state index is 1.10. The summed E-state index contributed by atoms with van der Waals surface area (Å²) in [5, 5.41) is 3.39. The van der Waals surface area contributed by atoms with Crippen LogP contribution in [0.4, 0.5) is 0 Å². The third kappa shape index (κ3) is 5.68. The Bertz CT molecular complexity index is 335. The zero-order chi connectivity index (χ0) is 13.3. The Morgan fingerprint density at radius 3 is 2.89 bits per heavy atom. The molecule has 1 fully saturated rings. The van der Waals surface area contributed by atoms with E-state index in [0.717, 1.165) is 26.1 Å². The summed E-state index contributed by atoms with van der Waals surface area (Å²) in [6, 6.07) is 4.17. The molecule has 0 saturated carbocycles. The van der Waals surface area contributed by atoms with E-state index in [9.17, 15) is 0 Å². The van der Waals surface area contributed by atoms with E-state index in [2.05, 4.69) is 33.2 Å². The molecule has 0 unspecified atom stereocenters. The summed E-state index contributed by atoms with van der Waals surface area (Å²) in [7, 11) is 2.22. The van der Waals surface area contributed by atoms with E-state index < -0.39 is 0 Å². The number of rotatable bonds is 7. The number of nitrogens with zero attached hydrogens (tertiary/aromatic N) is 3. The van der Waals surface area contributed by atoms with Gasteiger partial charge < -0.3 is 15.1 Å². The van der Waals surface area contributed by atoms with Crippen LogP contribution in [0.3, 0.4) is 0 Å². The first kappa shape index (κ1) is 14.4. The van der Waals surface area contributed by atoms with E-state index >= 15 is 0 Å². The van der Waals surface area contributed by atoms with Crippen LogP contribution >= 0.6 is 0 Å². The Labute approximate surface area is 116 Å². The van der Waals surface area contributed by atoms with Gasteiger partial charge in [0.1, 0.15) is 0 Å². The van der Waals surface area contributed by atoms with Crippen LogP contribution in [-0.2, 0) is 6.42 Å². The maximum absolute atomic E-state index is 4.15. The number of aromatic nitrogens is 1. The summed E-state index contributed by atoms with van der Waals surface area (Å²) >= 11 is 0. The van der Waals surface area contributed by atoms with Crippen LogP contribution in [0.15, 0.2) is 24.5 Å². The zero-order valence-corrected chi connectivity index (χ0v) is 12.0. The Morgan fingerprint density at radius 2 is 2.16 bits per heavy atom. The van der Waals surface area contributed by atoms with Crippen molar-refractivity contribution in [3.05, 3.63) is 30.1 Å². The van der Waals surface area contributed by atoms with Gasteiger partial charge in [-0.25, -0.2) is 0 Å². The van der Waals surface area contributed by atoms with Gasteiger partial charge in [0.15, 0.2) is 0 Å². The standard InChI is InChI=1S/C15H26N4/c1-18(11-5-15-4-2-6-17-14-15)9-3-10-19-12-7-16-8-13-19/h2,4,6,14,16H,3,5,7-13H2,1H3. The molecule has 1 aliphatic rings. The topological polar surface area (TPSA) is 31.4 Å². The summed E-state index contributed by atoms with van der Waals surface area (Å²) in [5.74, 6) is 0. The number of piperazine rings is 1. The van der Waals surface area contributed by atoms with Crippen molar-refractivity contribution in [2.24, 2.45) is 0 Å². The van der Waals surface area contributed by atoms with Gasteiger partial charge in [-0.3, -0.25) is 4.98 Å². The highest BCUT2D eigenvalue weighted by Gasteiger charge is 2.08. The molecule has 1 N–H and O–H groups in total. The maximum atomic E-state index is 4.15. The maximum Gasteiger partial charge on any atom is 0.0300 e. The molecule has 4 nitrogen and oxygen atoms in total. The van der Waals surface area contributed by atoms with Crippen molar-refractivity contribution >= 4 is 0 Å². The van der Waals surface area contributed by atoms with Crippen molar-refractivity contribution < 1.29 is 0 Å². The lowest BCUT2D eigenvalue weighted by Gasteiger charge is -2.27. The number of hydrogen-bond donors (Lipinski definition) is 1. The van der Waals surface area contributed by atoms with Gasteiger partial charge in [-0.15, -0.1) is 0 Å². The second-order valence-electron chi connectivity index (χ2n) is 5.36. The minimum Gasteiger partial charge on any atom is -0.314 e. The van der Waals surface area contributed by atoms with Crippen LogP contribution in [0.25, 0.3) is 0 Å². The SMILES string of the molecule is CN(CCCN1CCNCC1)CCc1cccnc1. The van der Waals surface area contributed by atoms with Gasteiger partial charge in [0, 0.05) is 45.1 Å². The van der Waals surface area contributed by atoms with Gasteiger partial charge in [0.05, 0.1) is 0 Å². The fourth-order valence-corrected chi connectivity index (χ4v) is 2.48. The quantitative estimate of drug-likeness (QED) is 0.789. The molecule has 1 aromatic heterocycles. The molecule has 0 radical (unpaired) electrons. The lowest BCUT2D eigenvalue weighted by molar-refractivity contribution is 0.222. The molecular formula is C15H26N4. The van der Waals surface area contributed by atoms with E-state index in [4.69, 9.17) is 0 Å². The largest absolute Gasteiger partial charge is 0.314 e. The highest BCUT2D eigenvalue weighted by atomic mass is 15.2. The van der Waals surface area contributed by atoms with Crippen LogP contribution in [0.1, 0.15) is 12.0 Å². The smallest absolute Gasteiger partial charge is 0.0300 e. The van der Waals surface area contributed by atoms with Gasteiger partial charge in [-0.05, 0) is 44.6 Å². The van der Waals surface area contributed by atoms with Crippen molar-refractivity contribution in [2.75, 3.05) is 52.9 Å². The third-order valence-electron chi connectivity index (χ3n) is 3.73. The summed E-state index contributed by atoms with van der Waals surface area (Å²) < 4.78 is 0. The van der Waals surface area contributed by atoms with Gasteiger partial charge in [0.25, 0.3) is 0 Å². The van der Waals surface area contributed by atoms with E-state index in [1.54, 1.807) is 0 Å². The molecule has 19 heavy (non-hydrogen) atoms. The fraction of sp³-hybridized carbons (Fsp3) is 0.667. The predicted octanol–water partition coefficient (Wildman–Crippen LogP) is 0.851. The van der Waals surface area contributed by atoms with Crippen LogP contribution in [0, 0.1) is 0 Å². The van der Waals surface area contributed by atoms with E-state index in [0.29, 0.717) is 0 Å². The van der Waals surface area contributed by atoms with Crippen molar-refractivity contribution in [3.63, 3.8) is 0 Å². The third-order valence-corrected chi connectivity index (χ3v) is 3.73. The molecule has 2 rings (SSSR count). The van der Waals surface area contributed by atoms with Crippen molar-refractivity contribution in [2.45, 2.75) is 12.8 Å². The molecule has 0 atom stereocenters. The molecule has 0 amide bonds. The van der Waals surface area contributed by atoms with Crippen LogP contribution in [0.2, 0.25) is 0 Å². The molecule has 4 heteroatoms. The van der Waals surface area contributed by atoms with Crippen molar-refractivity contribution in [1.29, 1.82) is 0 Å². The second kappa shape index (κ2) is 8.25. The van der Waals surface area contributed by atoms with Crippen LogP contribution in [-0.4, -0.2) is 67.6 Å². The highest BCUT2D eigenvalue weighted by Crippen LogP contribution is 2.00. The summed E-state index contributed by atoms with van der Waals surface area (Å²) in [4.78, 5) is 9.14. The predicted molar refractivity (Wildman–Crippen MR) is 79.4 cm³/mol. The first-order valence-corrected chi connectivity index (χ1v) is 7.35. The molecule has 1 saturated heterocycles. The van der Waals surface area contributed by atoms with Crippen molar-refractivity contribution in [3.8, 4) is 0 Å². The molecule has 0 aliphatic carbocycles. The summed E-state index contributed by atoms with van der Waals surface area (Å²) in [6.45, 7) is 8.25. The monoisotopic (exact) mass is 262 g/mol. The first-order chi connectivity index (χ1) is 9.34. The molecule has 0 spiro atoms. The minimum absolute atomic E-state index is 1.10. The first-order valence-electron chi connectivity index (χ1n) is 7.35. The van der Waals surface area contributed by atoms with Gasteiger partial charge in [-0.1, -0.05) is 6.07 Å². The normalized spacial score (nSPS) is 16.9. The number of nitrogens with one attached hydrogen (secondary N) is 1. The number of pyridine rings is 1. The average molecular weight is 262 g/mol. The number of likely N-dealkylation sites (N-methyl/N-ethyl adjacent to an activating group) is 1. The fourth-order valence-electron chi connectivity index (χ4n) is 2.48. The Kier molecular flexibility index (Phi) is 6.27. The Balaban J connectivity index is 1.55. The van der Waals surface area contributed by atoms with E-state index in [-0.39, 0.29) is 0 Å². The molecule has 1 aliphatic heterocycles. The van der Waals surface area contributed by atoms with Crippen molar-refractivity contribution in [1.82, 2.24) is 20.1 Å². The molecule has 106 valence electrons. The van der Waals surface area contributed by atoms with Crippen LogP contribution < -0.4 is 5.32 Å². The van der Waals surface area contributed by atoms with E-state index in [1.807, 2.05) is 18.5 Å². The molecule has 2 heterocycles. The number of hydrogen-bond acceptors (Lipinski definition) is 4. The summed E-state index contributed by atoms with van der Waals surface area (Å²) in [5.41, 5.74) is 1.33. The van der Waals surface area contributed by atoms with Gasteiger partial charge in [0.2, 0.25) is 0 Å². The Morgan fingerprint density at radius 1 is 1.32 bits per heavy atom. The highest BCUT2D eigenvalue weighted by molar-refractivity contribution is 5.08. The molecule has 0 aromatic carbocycles. The van der Waals surface area contributed by atoms with Gasteiger partial charge in [-0.2, -0.15) is 0 Å². The molecular weight excluding hydrogens is 236 g/mol. The summed E-state index contributed by atoms with van der Waals surface area (Å²) in [6.07, 6.45) is 6.16.